The zero-order valence-electron chi connectivity index (χ0n) is 44.7. The Morgan fingerprint density at radius 3 is 1.15 bits per heavy atom. The van der Waals surface area contributed by atoms with Crippen LogP contribution >= 0.6 is 7.82 Å². The van der Waals surface area contributed by atoms with Gasteiger partial charge in [-0.15, -0.1) is 0 Å². The second kappa shape index (κ2) is 50.4. The predicted octanol–water partition coefficient (Wildman–Crippen LogP) is 17.3. The molecule has 0 aromatic carbocycles. The van der Waals surface area contributed by atoms with Gasteiger partial charge in [-0.3, -0.25) is 9.36 Å². The van der Waals surface area contributed by atoms with Gasteiger partial charge in [-0.1, -0.05) is 231 Å². The van der Waals surface area contributed by atoms with Crippen LogP contribution in [0.25, 0.3) is 0 Å². The van der Waals surface area contributed by atoms with E-state index in [1.165, 1.54) is 225 Å². The maximum Gasteiger partial charge on any atom is 0.306 e. The molecule has 2 atom stereocenters. The van der Waals surface area contributed by atoms with Crippen LogP contribution in [0.1, 0.15) is 277 Å². The zero-order valence-corrected chi connectivity index (χ0v) is 45.6. The molecule has 0 aromatic heterocycles. The van der Waals surface area contributed by atoms with Crippen molar-refractivity contribution < 1.29 is 37.3 Å². The molecule has 0 amide bonds. The van der Waals surface area contributed by atoms with Gasteiger partial charge in [-0.05, 0) is 64.2 Å². The van der Waals surface area contributed by atoms with Crippen LogP contribution in [-0.4, -0.2) is 70.7 Å². The Kier molecular flexibility index (Phi) is 49.6. The second-order valence-corrected chi connectivity index (χ2v) is 22.1. The van der Waals surface area contributed by atoms with Crippen molar-refractivity contribution in [1.29, 1.82) is 0 Å². The lowest BCUT2D eigenvalue weighted by Crippen LogP contribution is -2.37. The SMILES string of the molecule is CCCCCCCCC/C=C\CCCCCCCCCC(=O)OC(COCCCCCCCCCCCCCCCC/C=C\CCCCCCCCCC)COP(=O)([O-])OCC[N+](C)(C)C. The first-order valence-corrected chi connectivity index (χ1v) is 30.0. The number of unbranched alkanes of at least 4 members (excludes halogenated alkanes) is 36. The summed E-state index contributed by atoms with van der Waals surface area (Å²) in [5.41, 5.74) is 0. The van der Waals surface area contributed by atoms with Crippen LogP contribution in [0.3, 0.4) is 0 Å². The third-order valence-corrected chi connectivity index (χ3v) is 13.7. The van der Waals surface area contributed by atoms with Crippen molar-refractivity contribution in [2.45, 2.75) is 283 Å². The summed E-state index contributed by atoms with van der Waals surface area (Å²) in [5.74, 6) is -0.333. The number of ether oxygens (including phenoxy) is 2. The van der Waals surface area contributed by atoms with Gasteiger partial charge >= 0.3 is 5.97 Å². The summed E-state index contributed by atoms with van der Waals surface area (Å²) in [5, 5.41) is 0. The standard InChI is InChI=1S/C57H112NO7P/c1-6-8-10-12-14-16-18-20-22-24-26-27-28-29-30-31-32-33-35-37-39-41-43-45-47-49-52-62-54-56(55-64-66(60,61)63-53-51-58(3,4)5)65-57(59)50-48-46-44-42-40-38-36-34-25-23-21-19-17-15-13-11-9-7-2/h23-26,56H,6-22,27-55H2,1-5H3/b25-23-,26-24-. The summed E-state index contributed by atoms with van der Waals surface area (Å²) < 4.78 is 34.8. The molecule has 8 nitrogen and oxygen atoms in total. The third kappa shape index (κ3) is 53.9. The Morgan fingerprint density at radius 1 is 0.455 bits per heavy atom. The molecule has 0 spiro atoms. The fraction of sp³-hybridized carbons (Fsp3) is 0.912. The van der Waals surface area contributed by atoms with Crippen molar-refractivity contribution in [3.63, 3.8) is 0 Å². The van der Waals surface area contributed by atoms with Crippen molar-refractivity contribution in [3.8, 4) is 0 Å². The van der Waals surface area contributed by atoms with Crippen LogP contribution < -0.4 is 4.89 Å². The molecule has 392 valence electrons. The quantitative estimate of drug-likeness (QED) is 0.0197. The molecule has 0 saturated heterocycles. The van der Waals surface area contributed by atoms with Crippen LogP contribution in [0.15, 0.2) is 24.3 Å². The Morgan fingerprint density at radius 2 is 0.788 bits per heavy atom. The predicted molar refractivity (Wildman–Crippen MR) is 282 cm³/mol. The number of rotatable bonds is 54. The van der Waals surface area contributed by atoms with Crippen LogP contribution in [0.4, 0.5) is 0 Å². The molecular formula is C57H112NO7P. The highest BCUT2D eigenvalue weighted by Crippen LogP contribution is 2.38. The number of phosphoric ester groups is 1. The largest absolute Gasteiger partial charge is 0.756 e. The van der Waals surface area contributed by atoms with Gasteiger partial charge < -0.3 is 27.9 Å². The molecule has 0 radical (unpaired) electrons. The van der Waals surface area contributed by atoms with Gasteiger partial charge in [-0.2, -0.15) is 0 Å². The van der Waals surface area contributed by atoms with Crippen LogP contribution in [-0.2, 0) is 27.9 Å². The fourth-order valence-corrected chi connectivity index (χ4v) is 9.03. The number of quaternary nitrogens is 1. The van der Waals surface area contributed by atoms with Crippen LogP contribution in [0.5, 0.6) is 0 Å². The lowest BCUT2D eigenvalue weighted by molar-refractivity contribution is -0.870. The lowest BCUT2D eigenvalue weighted by atomic mass is 10.0. The molecule has 9 heteroatoms. The molecule has 66 heavy (non-hydrogen) atoms. The lowest BCUT2D eigenvalue weighted by Gasteiger charge is -2.28. The topological polar surface area (TPSA) is 94.1 Å². The van der Waals surface area contributed by atoms with Gasteiger partial charge in [0.05, 0.1) is 34.4 Å². The molecule has 0 rings (SSSR count). The highest BCUT2D eigenvalue weighted by molar-refractivity contribution is 7.45. The maximum absolute atomic E-state index is 12.8. The Balaban J connectivity index is 4.03. The first kappa shape index (κ1) is 65.0. The van der Waals surface area contributed by atoms with E-state index in [-0.39, 0.29) is 25.8 Å². The molecule has 0 aliphatic heterocycles. The van der Waals surface area contributed by atoms with Crippen LogP contribution in [0.2, 0.25) is 0 Å². The van der Waals surface area contributed by atoms with E-state index in [0.29, 0.717) is 24.1 Å². The number of phosphoric acid groups is 1. The Labute approximate surface area is 411 Å². The van der Waals surface area contributed by atoms with E-state index in [1.54, 1.807) is 0 Å². The average molecular weight is 954 g/mol. The highest BCUT2D eigenvalue weighted by Gasteiger charge is 2.20. The number of allylic oxidation sites excluding steroid dienone is 4. The Bertz CT molecular complexity index is 1110. The monoisotopic (exact) mass is 954 g/mol. The van der Waals surface area contributed by atoms with E-state index in [2.05, 4.69) is 38.2 Å². The molecule has 0 aliphatic carbocycles. The Hall–Kier alpha value is -1.02. The summed E-state index contributed by atoms with van der Waals surface area (Å²) in [6.45, 7) is 5.46. The zero-order chi connectivity index (χ0) is 48.3. The van der Waals surface area contributed by atoms with Gasteiger partial charge in [-0.25, -0.2) is 0 Å². The normalized spacial score (nSPS) is 13.6. The van der Waals surface area contributed by atoms with E-state index >= 15 is 0 Å². The second-order valence-electron chi connectivity index (χ2n) is 20.6. The van der Waals surface area contributed by atoms with Crippen molar-refractivity contribution in [2.24, 2.45) is 0 Å². The molecular weight excluding hydrogens is 842 g/mol. The molecule has 0 fully saturated rings. The minimum absolute atomic E-state index is 0.0275. The first-order valence-electron chi connectivity index (χ1n) is 28.6. The van der Waals surface area contributed by atoms with Crippen molar-refractivity contribution in [2.75, 3.05) is 54.1 Å². The minimum atomic E-state index is -4.53. The molecule has 0 N–H and O–H groups in total. The van der Waals surface area contributed by atoms with Gasteiger partial charge in [0, 0.05) is 13.0 Å². The maximum atomic E-state index is 12.8. The minimum Gasteiger partial charge on any atom is -0.756 e. The van der Waals surface area contributed by atoms with Gasteiger partial charge in [0.2, 0.25) is 0 Å². The molecule has 0 aliphatic rings. The van der Waals surface area contributed by atoms with Gasteiger partial charge in [0.25, 0.3) is 7.82 Å². The van der Waals surface area contributed by atoms with E-state index in [4.69, 9.17) is 18.5 Å². The van der Waals surface area contributed by atoms with E-state index in [0.717, 1.165) is 32.1 Å². The summed E-state index contributed by atoms with van der Waals surface area (Å²) in [6.07, 6.45) is 60.8. The van der Waals surface area contributed by atoms with Crippen molar-refractivity contribution in [1.82, 2.24) is 0 Å². The van der Waals surface area contributed by atoms with Gasteiger partial charge in [0.15, 0.2) is 0 Å². The molecule has 0 aromatic rings. The summed E-state index contributed by atoms with van der Waals surface area (Å²) in [7, 11) is 1.37. The van der Waals surface area contributed by atoms with E-state index in [1.807, 2.05) is 21.1 Å². The molecule has 0 heterocycles. The van der Waals surface area contributed by atoms with E-state index in [9.17, 15) is 14.3 Å². The summed E-state index contributed by atoms with van der Waals surface area (Å²) >= 11 is 0. The van der Waals surface area contributed by atoms with Crippen molar-refractivity contribution >= 4 is 13.8 Å². The fourth-order valence-electron chi connectivity index (χ4n) is 8.30. The van der Waals surface area contributed by atoms with Crippen molar-refractivity contribution in [3.05, 3.63) is 24.3 Å². The van der Waals surface area contributed by atoms with Crippen LogP contribution in [0, 0.1) is 0 Å². The number of hydrogen-bond donors (Lipinski definition) is 0. The molecule has 0 saturated carbocycles. The number of esters is 1. The number of carbonyl (C=O) groups excluding carboxylic acids is 1. The smallest absolute Gasteiger partial charge is 0.306 e. The van der Waals surface area contributed by atoms with Gasteiger partial charge in [0.1, 0.15) is 19.3 Å². The number of likely N-dealkylation sites (N-methyl/N-ethyl adjacent to an activating group) is 1. The average Bonchev–Trinajstić information content (AvgIpc) is 3.28. The number of carbonyl (C=O) groups is 1. The third-order valence-electron chi connectivity index (χ3n) is 12.7. The number of nitrogens with zero attached hydrogens (tertiary/aromatic N) is 1. The first-order chi connectivity index (χ1) is 32.1. The highest BCUT2D eigenvalue weighted by atomic mass is 31.2. The van der Waals surface area contributed by atoms with E-state index < -0.39 is 13.9 Å². The summed E-state index contributed by atoms with van der Waals surface area (Å²) in [6, 6.07) is 0. The number of hydrogen-bond acceptors (Lipinski definition) is 7. The molecule has 2 unspecified atom stereocenters. The molecule has 0 bridgehead atoms. The summed E-state index contributed by atoms with van der Waals surface area (Å²) in [4.78, 5) is 25.2.